The summed E-state index contributed by atoms with van der Waals surface area (Å²) in [6, 6.07) is 0. The van der Waals surface area contributed by atoms with Gasteiger partial charge in [-0.15, -0.1) is 0 Å². The van der Waals surface area contributed by atoms with Crippen LogP contribution in [0.5, 0.6) is 0 Å². The number of carbonyl (C=O) groups is 2. The van der Waals surface area contributed by atoms with Gasteiger partial charge in [0, 0.05) is 0 Å². The Labute approximate surface area is 65.2 Å². The third kappa shape index (κ3) is 6.79. The molecule has 0 aromatic carbocycles. The molecule has 0 aliphatic carbocycles. The molecule has 4 N–H and O–H groups in total. The first-order chi connectivity index (χ1) is 4.70. The minimum absolute atomic E-state index is 0. The third-order valence-electron chi connectivity index (χ3n) is 0.822. The Morgan fingerprint density at radius 3 is 2.18 bits per heavy atom. The topological polar surface area (TPSA) is 89.1 Å². The molecule has 0 saturated heterocycles. The van der Waals surface area contributed by atoms with Crippen LogP contribution in [0.15, 0.2) is 0 Å². The first kappa shape index (κ1) is 12.6. The molecule has 0 bridgehead atoms. The van der Waals surface area contributed by atoms with Crippen molar-refractivity contribution in [1.82, 2.24) is 6.15 Å². The summed E-state index contributed by atoms with van der Waals surface area (Å²) in [7, 11) is 1.22. The highest BCUT2D eigenvalue weighted by Gasteiger charge is 2.08. The zero-order valence-electron chi connectivity index (χ0n) is 7.05. The van der Waals surface area contributed by atoms with Crippen LogP contribution in [0.3, 0.4) is 0 Å². The van der Waals surface area contributed by atoms with E-state index in [9.17, 15) is 9.59 Å². The van der Waals surface area contributed by atoms with Gasteiger partial charge in [0.25, 0.3) is 0 Å². The van der Waals surface area contributed by atoms with Crippen molar-refractivity contribution in [2.45, 2.75) is 13.3 Å². The number of hydrogen-bond donors (Lipinski definition) is 1. The fraction of sp³-hybridized carbons (Fsp3) is 0.667. The predicted molar refractivity (Wildman–Crippen MR) is 39.3 cm³/mol. The van der Waals surface area contributed by atoms with E-state index < -0.39 is 11.9 Å². The Hall–Kier alpha value is -1.10. The van der Waals surface area contributed by atoms with Crippen molar-refractivity contribution in [3.05, 3.63) is 0 Å². The smallest absolute Gasteiger partial charge is 0.317 e. The highest BCUT2D eigenvalue weighted by Crippen LogP contribution is 1.87. The molecular formula is C6H14NO4+. The van der Waals surface area contributed by atoms with Gasteiger partial charge in [-0.25, -0.2) is 0 Å². The van der Waals surface area contributed by atoms with Gasteiger partial charge in [-0.05, 0) is 6.92 Å². The van der Waals surface area contributed by atoms with Gasteiger partial charge in [0.1, 0.15) is 6.42 Å². The van der Waals surface area contributed by atoms with Gasteiger partial charge < -0.3 is 15.6 Å². The van der Waals surface area contributed by atoms with Crippen LogP contribution in [-0.2, 0) is 19.1 Å². The molecular weight excluding hydrogens is 150 g/mol. The zero-order chi connectivity index (χ0) is 7.98. The lowest BCUT2D eigenvalue weighted by molar-refractivity contribution is -0.152. The van der Waals surface area contributed by atoms with Crippen LogP contribution in [0.2, 0.25) is 0 Å². The molecule has 0 heterocycles. The number of hydrogen-bond acceptors (Lipinski definition) is 4. The summed E-state index contributed by atoms with van der Waals surface area (Å²) in [6.45, 7) is 1.96. The van der Waals surface area contributed by atoms with Gasteiger partial charge >= 0.3 is 11.9 Å². The number of esters is 2. The molecule has 0 spiro atoms. The Kier molecular flexibility index (Phi) is 8.01. The van der Waals surface area contributed by atoms with Crippen LogP contribution in [0, 0.1) is 0 Å². The average molecular weight is 164 g/mol. The largest absolute Gasteiger partial charge is 0.469 e. The van der Waals surface area contributed by atoms with Crippen LogP contribution in [0.4, 0.5) is 0 Å². The van der Waals surface area contributed by atoms with Crippen molar-refractivity contribution in [2.75, 3.05) is 13.7 Å². The average Bonchev–Trinajstić information content (AvgIpc) is 1.88. The molecule has 0 atom stereocenters. The lowest BCUT2D eigenvalue weighted by Gasteiger charge is -1.98. The minimum atomic E-state index is -0.571. The second-order valence-electron chi connectivity index (χ2n) is 1.56. The summed E-state index contributed by atoms with van der Waals surface area (Å²) < 4.78 is 8.70. The lowest BCUT2D eigenvalue weighted by atomic mass is 10.4. The zero-order valence-corrected chi connectivity index (χ0v) is 7.05. The maximum absolute atomic E-state index is 10.5. The maximum atomic E-state index is 10.5. The van der Waals surface area contributed by atoms with E-state index in [4.69, 9.17) is 0 Å². The highest BCUT2D eigenvalue weighted by atomic mass is 16.5. The molecule has 0 aliphatic rings. The molecule has 0 aliphatic heterocycles. The Morgan fingerprint density at radius 1 is 1.27 bits per heavy atom. The molecule has 0 fully saturated rings. The van der Waals surface area contributed by atoms with Crippen molar-refractivity contribution in [2.24, 2.45) is 0 Å². The van der Waals surface area contributed by atoms with E-state index in [0.29, 0.717) is 0 Å². The van der Waals surface area contributed by atoms with Gasteiger partial charge in [-0.2, -0.15) is 0 Å². The molecule has 66 valence electrons. The molecule has 0 unspecified atom stereocenters. The Bertz CT molecular complexity index is 135. The Morgan fingerprint density at radius 2 is 1.82 bits per heavy atom. The molecule has 0 aromatic heterocycles. The van der Waals surface area contributed by atoms with Gasteiger partial charge in [0.2, 0.25) is 0 Å². The van der Waals surface area contributed by atoms with Crippen molar-refractivity contribution in [1.29, 1.82) is 0 Å². The number of methoxy groups -OCH3 is 1. The molecule has 0 radical (unpaired) electrons. The van der Waals surface area contributed by atoms with E-state index in [-0.39, 0.29) is 19.2 Å². The standard InChI is InChI=1S/C6H10O4.H3N/c1-3-10-6(8)4-5(7)9-2;/h3-4H2,1-2H3;1H3/p+1. The van der Waals surface area contributed by atoms with Crippen LogP contribution >= 0.6 is 0 Å². The number of rotatable bonds is 3. The third-order valence-corrected chi connectivity index (χ3v) is 0.822. The quantitative estimate of drug-likeness (QED) is 0.485. The first-order valence-corrected chi connectivity index (χ1v) is 2.93. The van der Waals surface area contributed by atoms with Crippen LogP contribution in [0.1, 0.15) is 13.3 Å². The van der Waals surface area contributed by atoms with Crippen molar-refractivity contribution < 1.29 is 19.1 Å². The van der Waals surface area contributed by atoms with E-state index >= 15 is 0 Å². The minimum Gasteiger partial charge on any atom is -0.469 e. The fourth-order valence-corrected chi connectivity index (χ4v) is 0.402. The van der Waals surface area contributed by atoms with Gasteiger partial charge in [-0.3, -0.25) is 9.59 Å². The molecule has 0 amide bonds. The molecule has 0 saturated carbocycles. The number of carbonyl (C=O) groups excluding carboxylic acids is 2. The fourth-order valence-electron chi connectivity index (χ4n) is 0.402. The summed E-state index contributed by atoms with van der Waals surface area (Å²) in [6.07, 6.45) is -0.301. The van der Waals surface area contributed by atoms with Crippen molar-refractivity contribution >= 4 is 11.9 Å². The van der Waals surface area contributed by atoms with E-state index in [2.05, 4.69) is 9.47 Å². The SMILES string of the molecule is CCOC(=O)CC(=O)OC.[NH4+]. The summed E-state index contributed by atoms with van der Waals surface area (Å²) in [5, 5.41) is 0. The second kappa shape index (κ2) is 7.01. The summed E-state index contributed by atoms with van der Waals surface area (Å²) in [5.41, 5.74) is 0. The first-order valence-electron chi connectivity index (χ1n) is 2.93. The van der Waals surface area contributed by atoms with Crippen LogP contribution < -0.4 is 6.15 Å². The van der Waals surface area contributed by atoms with Gasteiger partial charge in [0.15, 0.2) is 0 Å². The van der Waals surface area contributed by atoms with Crippen LogP contribution in [0.25, 0.3) is 0 Å². The van der Waals surface area contributed by atoms with E-state index in [1.165, 1.54) is 7.11 Å². The number of quaternary nitrogens is 1. The molecule has 5 heteroatoms. The van der Waals surface area contributed by atoms with E-state index in [1.54, 1.807) is 6.92 Å². The van der Waals surface area contributed by atoms with Crippen LogP contribution in [-0.4, -0.2) is 25.7 Å². The summed E-state index contributed by atoms with van der Waals surface area (Å²) in [5.74, 6) is -1.12. The van der Waals surface area contributed by atoms with E-state index in [0.717, 1.165) is 0 Å². The molecule has 0 rings (SSSR count). The van der Waals surface area contributed by atoms with Gasteiger partial charge in [0.05, 0.1) is 13.7 Å². The Balaban J connectivity index is 0. The van der Waals surface area contributed by atoms with Crippen molar-refractivity contribution in [3.63, 3.8) is 0 Å². The molecule has 11 heavy (non-hydrogen) atoms. The van der Waals surface area contributed by atoms with Crippen molar-refractivity contribution in [3.8, 4) is 0 Å². The van der Waals surface area contributed by atoms with E-state index in [1.807, 2.05) is 0 Å². The summed E-state index contributed by atoms with van der Waals surface area (Å²) in [4.78, 5) is 20.9. The maximum Gasteiger partial charge on any atom is 0.317 e. The summed E-state index contributed by atoms with van der Waals surface area (Å²) >= 11 is 0. The highest BCUT2D eigenvalue weighted by molar-refractivity contribution is 5.91. The monoisotopic (exact) mass is 164 g/mol. The normalized spacial score (nSPS) is 7.82. The predicted octanol–water partition coefficient (Wildman–Crippen LogP) is 0.489. The second-order valence-corrected chi connectivity index (χ2v) is 1.56. The number of ether oxygens (including phenoxy) is 2. The molecule has 0 aromatic rings. The molecule has 5 nitrogen and oxygen atoms in total. The van der Waals surface area contributed by atoms with Gasteiger partial charge in [-0.1, -0.05) is 0 Å². The lowest BCUT2D eigenvalue weighted by Crippen LogP contribution is -2.11.